The molecule has 1 aliphatic rings. The molecular formula is C12H10F3NO. The second-order valence-electron chi connectivity index (χ2n) is 3.92. The fourth-order valence-corrected chi connectivity index (χ4v) is 1.73. The predicted octanol–water partition coefficient (Wildman–Crippen LogP) is 3.24. The Morgan fingerprint density at radius 3 is 2.47 bits per heavy atom. The first-order valence-electron chi connectivity index (χ1n) is 5.24. The van der Waals surface area contributed by atoms with E-state index in [4.69, 9.17) is 0 Å². The minimum atomic E-state index is -4.37. The number of carbonyl (C=O) groups excluding carboxylic acids is 1. The van der Waals surface area contributed by atoms with Crippen molar-refractivity contribution >= 4 is 11.9 Å². The number of nitrogens with zero attached hydrogens (tertiary/aromatic N) is 1. The zero-order valence-corrected chi connectivity index (χ0v) is 8.92. The molecule has 0 bridgehead atoms. The molecule has 0 radical (unpaired) electrons. The Kier molecular flexibility index (Phi) is 3.00. The van der Waals surface area contributed by atoms with Crippen LogP contribution in [0.2, 0.25) is 0 Å². The highest BCUT2D eigenvalue weighted by Gasteiger charge is 2.30. The molecule has 0 aliphatic heterocycles. The monoisotopic (exact) mass is 241 g/mol. The van der Waals surface area contributed by atoms with Crippen LogP contribution in [0.15, 0.2) is 23.9 Å². The topological polar surface area (TPSA) is 30.0 Å². The molecule has 17 heavy (non-hydrogen) atoms. The fraction of sp³-hybridized carbons (Fsp3) is 0.333. The standard InChI is InChI=1S/C12H10F3NO/c13-12(14,15)9-4-5-10(16-7-9)6-8-2-1-3-11(8)17/h4-7H,1-3H2/b8-6+. The van der Waals surface area contributed by atoms with Gasteiger partial charge in [-0.05, 0) is 36.6 Å². The summed E-state index contributed by atoms with van der Waals surface area (Å²) in [6, 6.07) is 2.25. The van der Waals surface area contributed by atoms with Crippen LogP contribution in [0, 0.1) is 0 Å². The van der Waals surface area contributed by atoms with Crippen molar-refractivity contribution in [2.75, 3.05) is 0 Å². The molecule has 1 aromatic heterocycles. The maximum absolute atomic E-state index is 12.3. The summed E-state index contributed by atoms with van der Waals surface area (Å²) in [7, 11) is 0. The Morgan fingerprint density at radius 2 is 2.00 bits per heavy atom. The van der Waals surface area contributed by atoms with Crippen LogP contribution in [0.25, 0.3) is 6.08 Å². The summed E-state index contributed by atoms with van der Waals surface area (Å²) in [5.74, 6) is 0.0618. The van der Waals surface area contributed by atoms with Crippen LogP contribution in [0.1, 0.15) is 30.5 Å². The average Bonchev–Trinajstić information content (AvgIpc) is 2.64. The van der Waals surface area contributed by atoms with Gasteiger partial charge >= 0.3 is 6.18 Å². The fourth-order valence-electron chi connectivity index (χ4n) is 1.73. The van der Waals surface area contributed by atoms with Crippen molar-refractivity contribution in [3.8, 4) is 0 Å². The lowest BCUT2D eigenvalue weighted by atomic mass is 10.1. The minimum Gasteiger partial charge on any atom is -0.295 e. The van der Waals surface area contributed by atoms with Crippen LogP contribution in [-0.4, -0.2) is 10.8 Å². The molecule has 0 saturated heterocycles. The van der Waals surface area contributed by atoms with Gasteiger partial charge < -0.3 is 0 Å². The van der Waals surface area contributed by atoms with E-state index < -0.39 is 11.7 Å². The van der Waals surface area contributed by atoms with Crippen LogP contribution >= 0.6 is 0 Å². The number of aromatic nitrogens is 1. The first-order chi connectivity index (χ1) is 7.97. The Balaban J connectivity index is 2.22. The van der Waals surface area contributed by atoms with Gasteiger partial charge in [-0.15, -0.1) is 0 Å². The molecule has 0 unspecified atom stereocenters. The number of carbonyl (C=O) groups is 1. The number of pyridine rings is 1. The first kappa shape index (κ1) is 11.8. The van der Waals surface area contributed by atoms with Gasteiger partial charge in [0.15, 0.2) is 5.78 Å². The van der Waals surface area contributed by atoms with Crippen molar-refractivity contribution in [2.24, 2.45) is 0 Å². The predicted molar refractivity (Wildman–Crippen MR) is 56.1 cm³/mol. The molecule has 1 fully saturated rings. The molecule has 0 spiro atoms. The quantitative estimate of drug-likeness (QED) is 0.706. The minimum absolute atomic E-state index is 0.0618. The molecule has 2 rings (SSSR count). The van der Waals surface area contributed by atoms with E-state index in [2.05, 4.69) is 4.98 Å². The maximum Gasteiger partial charge on any atom is 0.417 e. The van der Waals surface area contributed by atoms with Crippen molar-refractivity contribution in [1.82, 2.24) is 4.98 Å². The van der Waals surface area contributed by atoms with E-state index in [0.29, 0.717) is 24.1 Å². The van der Waals surface area contributed by atoms with Crippen LogP contribution in [0.4, 0.5) is 13.2 Å². The van der Waals surface area contributed by atoms with Gasteiger partial charge in [0.1, 0.15) is 0 Å². The zero-order valence-electron chi connectivity index (χ0n) is 8.92. The highest BCUT2D eigenvalue weighted by atomic mass is 19.4. The molecule has 1 aromatic rings. The summed E-state index contributed by atoms with van der Waals surface area (Å²) in [5.41, 5.74) is 0.262. The summed E-state index contributed by atoms with van der Waals surface area (Å²) < 4.78 is 36.8. The van der Waals surface area contributed by atoms with Crippen molar-refractivity contribution in [3.05, 3.63) is 35.2 Å². The molecule has 0 aromatic carbocycles. The number of hydrogen-bond donors (Lipinski definition) is 0. The largest absolute Gasteiger partial charge is 0.417 e. The molecule has 0 amide bonds. The summed E-state index contributed by atoms with van der Waals surface area (Å²) in [6.45, 7) is 0. The third-order valence-electron chi connectivity index (χ3n) is 2.64. The van der Waals surface area contributed by atoms with Gasteiger partial charge in [-0.3, -0.25) is 9.78 Å². The molecular weight excluding hydrogens is 231 g/mol. The number of ketones is 1. The van der Waals surface area contributed by atoms with Gasteiger partial charge in [0, 0.05) is 12.6 Å². The first-order valence-corrected chi connectivity index (χ1v) is 5.24. The van der Waals surface area contributed by atoms with Gasteiger partial charge in [-0.2, -0.15) is 13.2 Å². The van der Waals surface area contributed by atoms with Crippen LogP contribution in [0.5, 0.6) is 0 Å². The van der Waals surface area contributed by atoms with E-state index in [9.17, 15) is 18.0 Å². The highest BCUT2D eigenvalue weighted by Crippen LogP contribution is 2.29. The number of hydrogen-bond acceptors (Lipinski definition) is 2. The molecule has 1 aliphatic carbocycles. The SMILES string of the molecule is O=C1CCC/C1=C\c1ccc(C(F)(F)F)cn1. The molecule has 1 saturated carbocycles. The van der Waals surface area contributed by atoms with E-state index in [-0.39, 0.29) is 5.78 Å². The van der Waals surface area contributed by atoms with Gasteiger partial charge in [-0.1, -0.05) is 0 Å². The third-order valence-corrected chi connectivity index (χ3v) is 2.64. The molecule has 2 nitrogen and oxygen atoms in total. The van der Waals surface area contributed by atoms with Crippen molar-refractivity contribution in [1.29, 1.82) is 0 Å². The Hall–Kier alpha value is -1.65. The second-order valence-corrected chi connectivity index (χ2v) is 3.92. The number of halogens is 3. The summed E-state index contributed by atoms with van der Waals surface area (Å²) in [4.78, 5) is 15.0. The zero-order chi connectivity index (χ0) is 12.5. The molecule has 90 valence electrons. The lowest BCUT2D eigenvalue weighted by Gasteiger charge is -2.05. The van der Waals surface area contributed by atoms with Gasteiger partial charge in [0.25, 0.3) is 0 Å². The molecule has 0 N–H and O–H groups in total. The average molecular weight is 241 g/mol. The Labute approximate surface area is 96.2 Å². The second kappa shape index (κ2) is 4.31. The lowest BCUT2D eigenvalue weighted by molar-refractivity contribution is -0.137. The van der Waals surface area contributed by atoms with E-state index >= 15 is 0 Å². The summed E-state index contributed by atoms with van der Waals surface area (Å²) in [6.07, 6.45) is -0.0114. The van der Waals surface area contributed by atoms with Crippen LogP contribution in [-0.2, 0) is 11.0 Å². The van der Waals surface area contributed by atoms with Gasteiger partial charge in [0.2, 0.25) is 0 Å². The maximum atomic E-state index is 12.3. The van der Waals surface area contributed by atoms with E-state index in [0.717, 1.165) is 18.7 Å². The summed E-state index contributed by atoms with van der Waals surface area (Å²) >= 11 is 0. The number of alkyl halides is 3. The van der Waals surface area contributed by atoms with Crippen molar-refractivity contribution < 1.29 is 18.0 Å². The number of Topliss-reactive ketones (excluding diaryl/α,β-unsaturated/α-hetero) is 1. The van der Waals surface area contributed by atoms with Crippen molar-refractivity contribution in [3.63, 3.8) is 0 Å². The highest BCUT2D eigenvalue weighted by molar-refractivity contribution is 6.01. The van der Waals surface area contributed by atoms with E-state index in [1.165, 1.54) is 6.07 Å². The number of rotatable bonds is 1. The van der Waals surface area contributed by atoms with E-state index in [1.54, 1.807) is 6.08 Å². The van der Waals surface area contributed by atoms with Gasteiger partial charge in [-0.25, -0.2) is 0 Å². The normalized spacial score (nSPS) is 19.0. The van der Waals surface area contributed by atoms with Gasteiger partial charge in [0.05, 0.1) is 11.3 Å². The van der Waals surface area contributed by atoms with Crippen molar-refractivity contribution in [2.45, 2.75) is 25.4 Å². The molecule has 0 atom stereocenters. The van der Waals surface area contributed by atoms with E-state index in [1.807, 2.05) is 0 Å². The Morgan fingerprint density at radius 1 is 1.24 bits per heavy atom. The Bertz CT molecular complexity index is 460. The third kappa shape index (κ3) is 2.72. The lowest BCUT2D eigenvalue weighted by Crippen LogP contribution is -2.05. The van der Waals surface area contributed by atoms with Crippen LogP contribution < -0.4 is 0 Å². The summed E-state index contributed by atoms with van der Waals surface area (Å²) in [5, 5.41) is 0. The van der Waals surface area contributed by atoms with Crippen LogP contribution in [0.3, 0.4) is 0 Å². The molecule has 5 heteroatoms. The smallest absolute Gasteiger partial charge is 0.295 e. The molecule has 1 heterocycles. The number of allylic oxidation sites excluding steroid dienone is 1.